The van der Waals surface area contributed by atoms with Crippen LogP contribution in [0.5, 0.6) is 0 Å². The lowest BCUT2D eigenvalue weighted by molar-refractivity contribution is 0.0713. The Labute approximate surface area is 150 Å². The number of hydrogen-bond acceptors (Lipinski definition) is 4. The summed E-state index contributed by atoms with van der Waals surface area (Å²) in [4.78, 5) is 18.7. The Bertz CT molecular complexity index is 886. The quantitative estimate of drug-likeness (QED) is 0.763. The Morgan fingerprint density at radius 1 is 1.32 bits per heavy atom. The van der Waals surface area contributed by atoms with Crippen LogP contribution in [0.2, 0.25) is 0 Å². The number of benzene rings is 1. The predicted molar refractivity (Wildman–Crippen MR) is 101 cm³/mol. The molecule has 2 atom stereocenters. The van der Waals surface area contributed by atoms with Crippen LogP contribution >= 0.6 is 11.3 Å². The van der Waals surface area contributed by atoms with Crippen molar-refractivity contribution in [1.29, 1.82) is 0 Å². The van der Waals surface area contributed by atoms with Crippen molar-refractivity contribution in [2.45, 2.75) is 31.9 Å². The molecule has 1 aliphatic rings. The molecular formula is C20H20N2O2S. The second kappa shape index (κ2) is 6.94. The van der Waals surface area contributed by atoms with E-state index in [9.17, 15) is 4.79 Å². The highest BCUT2D eigenvalue weighted by Crippen LogP contribution is 2.28. The zero-order chi connectivity index (χ0) is 17.2. The van der Waals surface area contributed by atoms with E-state index in [-0.39, 0.29) is 18.1 Å². The zero-order valence-corrected chi connectivity index (χ0v) is 14.9. The first-order valence-electron chi connectivity index (χ1n) is 8.58. The van der Waals surface area contributed by atoms with E-state index in [0.717, 1.165) is 40.9 Å². The number of aromatic nitrogens is 1. The maximum atomic E-state index is 13.0. The normalized spacial score (nSPS) is 18.4. The van der Waals surface area contributed by atoms with Crippen molar-refractivity contribution in [2.75, 3.05) is 6.61 Å². The van der Waals surface area contributed by atoms with Crippen LogP contribution in [-0.2, 0) is 4.74 Å². The van der Waals surface area contributed by atoms with Crippen LogP contribution in [-0.4, -0.2) is 29.6 Å². The van der Waals surface area contributed by atoms with Crippen LogP contribution in [0.25, 0.3) is 21.5 Å². The van der Waals surface area contributed by atoms with Gasteiger partial charge in [0.15, 0.2) is 0 Å². The summed E-state index contributed by atoms with van der Waals surface area (Å²) < 4.78 is 5.70. The van der Waals surface area contributed by atoms with Crippen LogP contribution < -0.4 is 5.32 Å². The topological polar surface area (TPSA) is 51.2 Å². The number of thiophene rings is 1. The van der Waals surface area contributed by atoms with E-state index in [1.165, 1.54) is 0 Å². The molecule has 0 saturated carbocycles. The van der Waals surface area contributed by atoms with Crippen molar-refractivity contribution in [2.24, 2.45) is 0 Å². The molecule has 25 heavy (non-hydrogen) atoms. The third kappa shape index (κ3) is 3.30. The lowest BCUT2D eigenvalue weighted by atomic mass is 10.0. The van der Waals surface area contributed by atoms with Crippen molar-refractivity contribution in [1.82, 2.24) is 10.3 Å². The maximum Gasteiger partial charge on any atom is 0.252 e. The Balaban J connectivity index is 1.70. The van der Waals surface area contributed by atoms with Gasteiger partial charge >= 0.3 is 0 Å². The maximum absolute atomic E-state index is 13.0. The van der Waals surface area contributed by atoms with Crippen LogP contribution in [0.15, 0.2) is 47.8 Å². The second-order valence-electron chi connectivity index (χ2n) is 6.36. The summed E-state index contributed by atoms with van der Waals surface area (Å²) in [7, 11) is 0. The van der Waals surface area contributed by atoms with Gasteiger partial charge in [0.1, 0.15) is 0 Å². The number of ether oxygens (including phenoxy) is 1. The van der Waals surface area contributed by atoms with E-state index < -0.39 is 0 Å². The van der Waals surface area contributed by atoms with E-state index in [4.69, 9.17) is 9.72 Å². The summed E-state index contributed by atoms with van der Waals surface area (Å²) in [6.07, 6.45) is 2.17. The molecular weight excluding hydrogens is 332 g/mol. The van der Waals surface area contributed by atoms with Crippen molar-refractivity contribution >= 4 is 28.1 Å². The first-order valence-corrected chi connectivity index (χ1v) is 9.46. The fourth-order valence-electron chi connectivity index (χ4n) is 3.29. The van der Waals surface area contributed by atoms with E-state index in [1.807, 2.05) is 54.8 Å². The van der Waals surface area contributed by atoms with Crippen molar-refractivity contribution in [3.05, 3.63) is 53.4 Å². The predicted octanol–water partition coefficient (Wildman–Crippen LogP) is 4.26. The average molecular weight is 352 g/mol. The Kier molecular flexibility index (Phi) is 4.51. The van der Waals surface area contributed by atoms with Crippen LogP contribution in [0.3, 0.4) is 0 Å². The number of nitrogens with zero attached hydrogens (tertiary/aromatic N) is 1. The molecule has 0 spiro atoms. The molecule has 0 aliphatic carbocycles. The van der Waals surface area contributed by atoms with Crippen molar-refractivity contribution < 1.29 is 9.53 Å². The number of carbonyl (C=O) groups excluding carboxylic acids is 1. The molecule has 3 heterocycles. The molecule has 0 bridgehead atoms. The van der Waals surface area contributed by atoms with E-state index >= 15 is 0 Å². The van der Waals surface area contributed by atoms with Gasteiger partial charge in [0.2, 0.25) is 0 Å². The molecule has 4 nitrogen and oxygen atoms in total. The molecule has 1 fully saturated rings. The summed E-state index contributed by atoms with van der Waals surface area (Å²) in [5, 5.41) is 6.01. The minimum Gasteiger partial charge on any atom is -0.376 e. The average Bonchev–Trinajstić information content (AvgIpc) is 3.34. The number of amides is 1. The van der Waals surface area contributed by atoms with E-state index in [2.05, 4.69) is 5.32 Å². The number of para-hydroxylation sites is 1. The molecule has 1 amide bonds. The van der Waals surface area contributed by atoms with Gasteiger partial charge < -0.3 is 10.1 Å². The molecule has 1 aromatic carbocycles. The monoisotopic (exact) mass is 352 g/mol. The van der Waals surface area contributed by atoms with Crippen LogP contribution in [0.1, 0.15) is 30.1 Å². The molecule has 1 N–H and O–H groups in total. The van der Waals surface area contributed by atoms with Crippen LogP contribution in [0, 0.1) is 0 Å². The van der Waals surface area contributed by atoms with Gasteiger partial charge in [-0.3, -0.25) is 4.79 Å². The zero-order valence-electron chi connectivity index (χ0n) is 14.1. The minimum absolute atomic E-state index is 0.00730. The van der Waals surface area contributed by atoms with Gasteiger partial charge in [0.05, 0.1) is 33.8 Å². The molecule has 128 valence electrons. The second-order valence-corrected chi connectivity index (χ2v) is 7.31. The summed E-state index contributed by atoms with van der Waals surface area (Å²) in [6.45, 7) is 2.79. The summed E-state index contributed by atoms with van der Waals surface area (Å²) in [6, 6.07) is 13.7. The molecule has 2 unspecified atom stereocenters. The highest BCUT2D eigenvalue weighted by molar-refractivity contribution is 7.13. The molecule has 4 rings (SSSR count). The number of hydrogen-bond donors (Lipinski definition) is 1. The molecule has 0 radical (unpaired) electrons. The van der Waals surface area contributed by atoms with Gasteiger partial charge in [0, 0.05) is 12.0 Å². The molecule has 3 aromatic rings. The third-order valence-corrected chi connectivity index (χ3v) is 5.51. The van der Waals surface area contributed by atoms with Crippen molar-refractivity contribution in [3.8, 4) is 10.6 Å². The number of fused-ring (bicyclic) bond motifs is 1. The van der Waals surface area contributed by atoms with Gasteiger partial charge in [-0.25, -0.2) is 4.98 Å². The number of nitrogens with one attached hydrogen (secondary N) is 1. The van der Waals surface area contributed by atoms with E-state index in [0.29, 0.717) is 5.56 Å². The Hall–Kier alpha value is -2.24. The fourth-order valence-corrected chi connectivity index (χ4v) is 3.97. The van der Waals surface area contributed by atoms with Crippen LogP contribution in [0.4, 0.5) is 0 Å². The lowest BCUT2D eigenvalue weighted by Gasteiger charge is -2.20. The Morgan fingerprint density at radius 3 is 2.96 bits per heavy atom. The Morgan fingerprint density at radius 2 is 2.20 bits per heavy atom. The lowest BCUT2D eigenvalue weighted by Crippen LogP contribution is -2.40. The smallest absolute Gasteiger partial charge is 0.252 e. The number of rotatable bonds is 4. The fraction of sp³-hybridized carbons (Fsp3) is 0.300. The third-order valence-electron chi connectivity index (χ3n) is 4.62. The van der Waals surface area contributed by atoms with Crippen molar-refractivity contribution in [3.63, 3.8) is 0 Å². The molecule has 1 aliphatic heterocycles. The molecule has 1 saturated heterocycles. The van der Waals surface area contributed by atoms with Gasteiger partial charge in [0.25, 0.3) is 5.91 Å². The van der Waals surface area contributed by atoms with Gasteiger partial charge in [-0.2, -0.15) is 0 Å². The first-order chi connectivity index (χ1) is 12.2. The number of carbonyl (C=O) groups is 1. The summed E-state index contributed by atoms with van der Waals surface area (Å²) in [5.74, 6) is -0.0700. The van der Waals surface area contributed by atoms with Gasteiger partial charge in [-0.05, 0) is 43.3 Å². The first kappa shape index (κ1) is 16.2. The molecule has 5 heteroatoms. The highest BCUT2D eigenvalue weighted by Gasteiger charge is 2.25. The number of pyridine rings is 1. The standard InChI is InChI=1S/C20H20N2O2S/c1-13(18-8-4-10-24-18)21-20(23)15-12-17(19-9-5-11-25-19)22-16-7-3-2-6-14(15)16/h2-3,5-7,9,11-13,18H,4,8,10H2,1H3,(H,21,23). The summed E-state index contributed by atoms with van der Waals surface area (Å²) >= 11 is 1.63. The SMILES string of the molecule is CC(NC(=O)c1cc(-c2cccs2)nc2ccccc12)C1CCCO1. The largest absolute Gasteiger partial charge is 0.376 e. The van der Waals surface area contributed by atoms with Gasteiger partial charge in [-0.1, -0.05) is 24.3 Å². The minimum atomic E-state index is -0.0700. The summed E-state index contributed by atoms with van der Waals surface area (Å²) in [5.41, 5.74) is 2.34. The highest BCUT2D eigenvalue weighted by atomic mass is 32.1. The molecule has 2 aromatic heterocycles. The van der Waals surface area contributed by atoms with E-state index in [1.54, 1.807) is 11.3 Å². The van der Waals surface area contributed by atoms with Gasteiger partial charge in [-0.15, -0.1) is 11.3 Å².